The van der Waals surface area contributed by atoms with Gasteiger partial charge in [-0.1, -0.05) is 48.3 Å². The van der Waals surface area contributed by atoms with Crippen molar-refractivity contribution in [2.75, 3.05) is 10.6 Å². The van der Waals surface area contributed by atoms with Crippen molar-refractivity contribution in [1.82, 2.24) is 15.5 Å². The van der Waals surface area contributed by atoms with Crippen LogP contribution in [-0.2, 0) is 0 Å². The Kier molecular flexibility index (Phi) is 5.98. The number of carbonyl (C=O) groups is 1. The molecular formula is C22H22N6O3. The third-order valence-electron chi connectivity index (χ3n) is 5.26. The molecule has 3 aromatic rings. The molecule has 4 N–H and O–H groups in total. The summed E-state index contributed by atoms with van der Waals surface area (Å²) in [6, 6.07) is 15.0. The van der Waals surface area contributed by atoms with Gasteiger partial charge in [-0.3, -0.25) is 0 Å². The molecule has 2 unspecified atom stereocenters. The lowest BCUT2D eigenvalue weighted by Gasteiger charge is -2.32. The average molecular weight is 418 g/mol. The van der Waals surface area contributed by atoms with Gasteiger partial charge in [0.05, 0.1) is 23.6 Å². The fourth-order valence-corrected chi connectivity index (χ4v) is 3.79. The Balaban J connectivity index is 1.52. The van der Waals surface area contributed by atoms with Gasteiger partial charge in [0.1, 0.15) is 11.8 Å². The molecule has 31 heavy (non-hydrogen) atoms. The van der Waals surface area contributed by atoms with Crippen LogP contribution in [0.15, 0.2) is 53.2 Å². The molecule has 9 nitrogen and oxygen atoms in total. The number of carboxylic acid groups (broad SMARTS) is 1. The Morgan fingerprint density at radius 2 is 1.94 bits per heavy atom. The summed E-state index contributed by atoms with van der Waals surface area (Å²) in [7, 11) is 0. The number of hydrogen-bond acceptors (Lipinski definition) is 7. The van der Waals surface area contributed by atoms with Gasteiger partial charge in [0.15, 0.2) is 5.69 Å². The van der Waals surface area contributed by atoms with Gasteiger partial charge in [-0.05, 0) is 18.9 Å². The van der Waals surface area contributed by atoms with E-state index in [4.69, 9.17) is 9.63 Å². The van der Waals surface area contributed by atoms with E-state index in [-0.39, 0.29) is 17.8 Å². The van der Waals surface area contributed by atoms with Crippen molar-refractivity contribution in [3.63, 3.8) is 0 Å². The van der Waals surface area contributed by atoms with E-state index >= 15 is 0 Å². The van der Waals surface area contributed by atoms with Crippen LogP contribution in [-0.4, -0.2) is 33.4 Å². The molecule has 1 amide bonds. The van der Waals surface area contributed by atoms with Gasteiger partial charge in [0.25, 0.3) is 0 Å². The topological polar surface area (TPSA) is 136 Å². The summed E-state index contributed by atoms with van der Waals surface area (Å²) in [5.41, 5.74) is 2.97. The summed E-state index contributed by atoms with van der Waals surface area (Å²) in [4.78, 5) is 15.3. The number of anilines is 3. The van der Waals surface area contributed by atoms with Gasteiger partial charge in [-0.15, -0.1) is 0 Å². The molecule has 4 rings (SSSR count). The van der Waals surface area contributed by atoms with Crippen LogP contribution >= 0.6 is 0 Å². The molecule has 0 spiro atoms. The summed E-state index contributed by atoms with van der Waals surface area (Å²) >= 11 is 0. The second-order valence-corrected chi connectivity index (χ2v) is 7.39. The van der Waals surface area contributed by atoms with Gasteiger partial charge >= 0.3 is 6.09 Å². The number of aromatic nitrogens is 2. The molecule has 0 saturated heterocycles. The first-order valence-electron chi connectivity index (χ1n) is 10.1. The van der Waals surface area contributed by atoms with Crippen molar-refractivity contribution >= 4 is 23.4 Å². The number of hydrogen-bond donors (Lipinski definition) is 4. The highest BCUT2D eigenvalue weighted by Crippen LogP contribution is 2.28. The number of nitrogens with one attached hydrogen (secondary N) is 3. The van der Waals surface area contributed by atoms with E-state index in [1.807, 2.05) is 30.3 Å². The van der Waals surface area contributed by atoms with E-state index in [2.05, 4.69) is 32.2 Å². The fourth-order valence-electron chi connectivity index (χ4n) is 3.79. The molecular weight excluding hydrogens is 396 g/mol. The molecule has 2 aromatic heterocycles. The first-order chi connectivity index (χ1) is 15.1. The van der Waals surface area contributed by atoms with Crippen LogP contribution < -0.4 is 16.0 Å². The van der Waals surface area contributed by atoms with E-state index in [9.17, 15) is 10.1 Å². The molecule has 2 heterocycles. The van der Waals surface area contributed by atoms with E-state index < -0.39 is 6.09 Å². The van der Waals surface area contributed by atoms with Crippen LogP contribution in [0.3, 0.4) is 0 Å². The minimum Gasteiger partial charge on any atom is -0.465 e. The molecule has 0 bridgehead atoms. The smallest absolute Gasteiger partial charge is 0.404 e. The molecule has 2 atom stereocenters. The predicted octanol–water partition coefficient (Wildman–Crippen LogP) is 4.34. The Morgan fingerprint density at radius 1 is 1.16 bits per heavy atom. The third-order valence-corrected chi connectivity index (χ3v) is 5.26. The molecule has 9 heteroatoms. The molecule has 1 fully saturated rings. The van der Waals surface area contributed by atoms with Gasteiger partial charge < -0.3 is 25.6 Å². The number of benzene rings is 1. The van der Waals surface area contributed by atoms with E-state index in [1.54, 1.807) is 18.3 Å². The van der Waals surface area contributed by atoms with Gasteiger partial charge in [-0.25, -0.2) is 9.78 Å². The Bertz CT molecular complexity index is 1090. The van der Waals surface area contributed by atoms with E-state index in [0.717, 1.165) is 31.2 Å². The van der Waals surface area contributed by atoms with E-state index in [1.165, 1.54) is 0 Å². The number of pyridine rings is 1. The summed E-state index contributed by atoms with van der Waals surface area (Å²) in [5.74, 6) is 0.386. The maximum Gasteiger partial charge on any atom is 0.404 e. The van der Waals surface area contributed by atoms with Crippen molar-refractivity contribution in [3.8, 4) is 17.3 Å². The first kappa shape index (κ1) is 20.2. The van der Waals surface area contributed by atoms with Crippen molar-refractivity contribution in [1.29, 1.82) is 5.26 Å². The molecule has 1 aliphatic carbocycles. The Labute approximate surface area is 179 Å². The number of nitrogens with zero attached hydrogens (tertiary/aromatic N) is 3. The Morgan fingerprint density at radius 3 is 2.68 bits per heavy atom. The van der Waals surface area contributed by atoms with Crippen LogP contribution in [0.2, 0.25) is 0 Å². The highest BCUT2D eigenvalue weighted by Gasteiger charge is 2.26. The number of nitriles is 1. The standard InChI is InChI=1S/C22H22N6O3/c23-12-20-19(26-21-11-18(28-31-21)14-6-2-1-3-7-14)10-15(13-24-20)25-16-8-4-5-9-17(16)27-22(29)30/h1-3,6-7,10-11,13,16-17,25-27H,4-5,8-9H2,(H,29,30). The lowest BCUT2D eigenvalue weighted by molar-refractivity contribution is 0.184. The molecule has 158 valence electrons. The summed E-state index contributed by atoms with van der Waals surface area (Å²) in [6.45, 7) is 0. The average Bonchev–Trinajstić information content (AvgIpc) is 3.24. The molecule has 0 radical (unpaired) electrons. The molecule has 0 aliphatic heterocycles. The largest absolute Gasteiger partial charge is 0.465 e. The van der Waals surface area contributed by atoms with Crippen molar-refractivity contribution < 1.29 is 14.4 Å². The predicted molar refractivity (Wildman–Crippen MR) is 115 cm³/mol. The Hall–Kier alpha value is -4.06. The summed E-state index contributed by atoms with van der Waals surface area (Å²) in [6.07, 6.45) is 4.17. The third kappa shape index (κ3) is 4.93. The minimum atomic E-state index is -1.03. The number of rotatable bonds is 6. The quantitative estimate of drug-likeness (QED) is 0.464. The normalized spacial score (nSPS) is 18.0. The lowest BCUT2D eigenvalue weighted by Crippen LogP contribution is -2.48. The van der Waals surface area contributed by atoms with Gasteiger partial charge in [0.2, 0.25) is 5.88 Å². The first-order valence-corrected chi connectivity index (χ1v) is 10.1. The second-order valence-electron chi connectivity index (χ2n) is 7.39. The zero-order valence-electron chi connectivity index (χ0n) is 16.7. The van der Waals surface area contributed by atoms with Gasteiger partial charge in [0, 0.05) is 17.7 Å². The van der Waals surface area contributed by atoms with Crippen LogP contribution in [0.25, 0.3) is 11.3 Å². The van der Waals surface area contributed by atoms with Crippen LogP contribution in [0.1, 0.15) is 31.4 Å². The van der Waals surface area contributed by atoms with Crippen molar-refractivity contribution in [2.45, 2.75) is 37.8 Å². The zero-order chi connectivity index (χ0) is 21.6. The summed E-state index contributed by atoms with van der Waals surface area (Å²) in [5, 5.41) is 31.6. The molecule has 1 aromatic carbocycles. The lowest BCUT2D eigenvalue weighted by atomic mass is 9.90. The maximum atomic E-state index is 11.1. The summed E-state index contributed by atoms with van der Waals surface area (Å²) < 4.78 is 5.38. The van der Waals surface area contributed by atoms with Crippen LogP contribution in [0.4, 0.5) is 22.1 Å². The molecule has 1 aliphatic rings. The van der Waals surface area contributed by atoms with Crippen LogP contribution in [0.5, 0.6) is 0 Å². The number of amides is 1. The van der Waals surface area contributed by atoms with Crippen LogP contribution in [0, 0.1) is 11.3 Å². The highest BCUT2D eigenvalue weighted by atomic mass is 16.5. The molecule has 1 saturated carbocycles. The van der Waals surface area contributed by atoms with Gasteiger partial charge in [-0.2, -0.15) is 5.26 Å². The maximum absolute atomic E-state index is 11.1. The SMILES string of the molecule is N#Cc1ncc(NC2CCCCC2NC(=O)O)cc1Nc1cc(-c2ccccc2)no1. The van der Waals surface area contributed by atoms with Crippen molar-refractivity contribution in [3.05, 3.63) is 54.4 Å². The zero-order valence-corrected chi connectivity index (χ0v) is 16.7. The highest BCUT2D eigenvalue weighted by molar-refractivity contribution is 5.69. The van der Waals surface area contributed by atoms with Crippen molar-refractivity contribution in [2.24, 2.45) is 0 Å². The second kappa shape index (κ2) is 9.17. The minimum absolute atomic E-state index is 0.0533. The fraction of sp³-hybridized carbons (Fsp3) is 0.273. The monoisotopic (exact) mass is 418 g/mol. The van der Waals surface area contributed by atoms with E-state index in [0.29, 0.717) is 23.0 Å².